The van der Waals surface area contributed by atoms with Crippen molar-refractivity contribution in [2.75, 3.05) is 5.32 Å². The highest BCUT2D eigenvalue weighted by Crippen LogP contribution is 2.16. The maximum Gasteiger partial charge on any atom is 0.291 e. The van der Waals surface area contributed by atoms with E-state index in [2.05, 4.69) is 20.4 Å². The summed E-state index contributed by atoms with van der Waals surface area (Å²) in [5.41, 5.74) is 0.523. The molecule has 0 aromatic carbocycles. The molecule has 0 radical (unpaired) electrons. The van der Waals surface area contributed by atoms with Gasteiger partial charge in [0.1, 0.15) is 12.7 Å². The van der Waals surface area contributed by atoms with Crippen LogP contribution >= 0.6 is 0 Å². The Bertz CT molecular complexity index is 676. The van der Waals surface area contributed by atoms with E-state index in [1.54, 1.807) is 30.5 Å². The van der Waals surface area contributed by atoms with E-state index < -0.39 is 0 Å². The molecule has 0 aliphatic heterocycles. The number of furan rings is 1. The van der Waals surface area contributed by atoms with Gasteiger partial charge in [0.05, 0.1) is 12.0 Å². The van der Waals surface area contributed by atoms with Gasteiger partial charge < -0.3 is 9.73 Å². The van der Waals surface area contributed by atoms with Gasteiger partial charge in [0.2, 0.25) is 0 Å². The van der Waals surface area contributed by atoms with Gasteiger partial charge in [0.15, 0.2) is 11.6 Å². The molecule has 1 N–H and O–H groups in total. The van der Waals surface area contributed by atoms with Gasteiger partial charge in [-0.15, -0.1) is 0 Å². The molecule has 7 heteroatoms. The van der Waals surface area contributed by atoms with Gasteiger partial charge in [0, 0.05) is 6.20 Å². The van der Waals surface area contributed by atoms with Crippen molar-refractivity contribution in [2.24, 2.45) is 0 Å². The Labute approximate surface area is 107 Å². The lowest BCUT2D eigenvalue weighted by Crippen LogP contribution is -2.14. The first-order valence-corrected chi connectivity index (χ1v) is 5.49. The van der Waals surface area contributed by atoms with E-state index in [0.717, 1.165) is 0 Å². The van der Waals surface area contributed by atoms with Gasteiger partial charge in [-0.3, -0.25) is 4.79 Å². The van der Waals surface area contributed by atoms with Crippen LogP contribution in [0.4, 0.5) is 5.69 Å². The van der Waals surface area contributed by atoms with Crippen molar-refractivity contribution in [3.8, 4) is 5.82 Å². The molecule has 0 aliphatic rings. The van der Waals surface area contributed by atoms with Crippen LogP contribution in [0, 0.1) is 0 Å². The molecule has 7 nitrogen and oxygen atoms in total. The first-order valence-electron chi connectivity index (χ1n) is 5.49. The maximum atomic E-state index is 11.9. The fraction of sp³-hybridized carbons (Fsp3) is 0. The van der Waals surface area contributed by atoms with Crippen molar-refractivity contribution in [3.05, 3.63) is 55.1 Å². The minimum atomic E-state index is -0.348. The summed E-state index contributed by atoms with van der Waals surface area (Å²) in [4.78, 5) is 19.9. The lowest BCUT2D eigenvalue weighted by molar-refractivity contribution is 0.0996. The first kappa shape index (κ1) is 11.1. The summed E-state index contributed by atoms with van der Waals surface area (Å²) in [5, 5.41) is 6.70. The number of hydrogen-bond acceptors (Lipinski definition) is 5. The average molecular weight is 255 g/mol. The molecule has 3 aromatic rings. The van der Waals surface area contributed by atoms with Crippen molar-refractivity contribution in [3.63, 3.8) is 0 Å². The van der Waals surface area contributed by atoms with Gasteiger partial charge in [-0.25, -0.2) is 14.6 Å². The lowest BCUT2D eigenvalue weighted by atomic mass is 10.3. The molecule has 1 amide bonds. The Morgan fingerprint density at radius 3 is 3.00 bits per heavy atom. The van der Waals surface area contributed by atoms with E-state index in [0.29, 0.717) is 11.5 Å². The van der Waals surface area contributed by atoms with Gasteiger partial charge in [-0.05, 0) is 24.3 Å². The minimum Gasteiger partial charge on any atom is -0.459 e. The number of nitrogens with one attached hydrogen (secondary N) is 1. The van der Waals surface area contributed by atoms with E-state index in [9.17, 15) is 4.79 Å². The lowest BCUT2D eigenvalue weighted by Gasteiger charge is -2.08. The second kappa shape index (κ2) is 4.73. The number of rotatable bonds is 3. The van der Waals surface area contributed by atoms with E-state index in [-0.39, 0.29) is 11.7 Å². The Morgan fingerprint density at radius 1 is 1.32 bits per heavy atom. The summed E-state index contributed by atoms with van der Waals surface area (Å²) < 4.78 is 6.50. The molecule has 3 aromatic heterocycles. The molecule has 0 atom stereocenters. The van der Waals surface area contributed by atoms with Crippen LogP contribution < -0.4 is 5.32 Å². The summed E-state index contributed by atoms with van der Waals surface area (Å²) in [6, 6.07) is 6.68. The standard InChI is InChI=1S/C12H9N5O2/c18-12(10-4-2-6-19-10)16-9-3-1-5-14-11(9)17-8-13-7-15-17/h1-8H,(H,16,18). The van der Waals surface area contributed by atoms with Crippen LogP contribution in [0.15, 0.2) is 53.8 Å². The highest BCUT2D eigenvalue weighted by molar-refractivity contribution is 6.03. The molecule has 94 valence electrons. The predicted molar refractivity (Wildman–Crippen MR) is 65.8 cm³/mol. The zero-order chi connectivity index (χ0) is 13.1. The number of anilines is 1. The molecule has 0 unspecified atom stereocenters. The summed E-state index contributed by atoms with van der Waals surface area (Å²) in [7, 11) is 0. The monoisotopic (exact) mass is 255 g/mol. The van der Waals surface area contributed by atoms with E-state index >= 15 is 0 Å². The second-order valence-electron chi connectivity index (χ2n) is 3.65. The molecule has 0 saturated carbocycles. The number of carbonyl (C=O) groups is 1. The minimum absolute atomic E-state index is 0.230. The molecule has 0 spiro atoms. The topological polar surface area (TPSA) is 85.8 Å². The zero-order valence-corrected chi connectivity index (χ0v) is 9.72. The molecular weight excluding hydrogens is 246 g/mol. The fourth-order valence-electron chi connectivity index (χ4n) is 1.59. The number of hydrogen-bond donors (Lipinski definition) is 1. The van der Waals surface area contributed by atoms with Crippen molar-refractivity contribution in [2.45, 2.75) is 0 Å². The molecule has 3 rings (SSSR count). The van der Waals surface area contributed by atoms with Crippen LogP contribution in [0.1, 0.15) is 10.6 Å². The molecule has 0 aliphatic carbocycles. The molecular formula is C12H9N5O2. The highest BCUT2D eigenvalue weighted by Gasteiger charge is 2.13. The number of amides is 1. The third-order valence-corrected chi connectivity index (χ3v) is 2.42. The molecule has 19 heavy (non-hydrogen) atoms. The number of aromatic nitrogens is 4. The SMILES string of the molecule is O=C(Nc1cccnc1-n1cncn1)c1ccco1. The summed E-state index contributed by atoms with van der Waals surface area (Å²) in [6.07, 6.45) is 5.95. The Hall–Kier alpha value is -2.96. The molecule has 0 bridgehead atoms. The van der Waals surface area contributed by atoms with Crippen LogP contribution in [0.25, 0.3) is 5.82 Å². The van der Waals surface area contributed by atoms with Gasteiger partial charge in [0.25, 0.3) is 5.91 Å². The smallest absolute Gasteiger partial charge is 0.291 e. The Balaban J connectivity index is 1.92. The average Bonchev–Trinajstić information content (AvgIpc) is 3.13. The first-order chi connectivity index (χ1) is 9.34. The zero-order valence-electron chi connectivity index (χ0n) is 9.72. The van der Waals surface area contributed by atoms with Gasteiger partial charge >= 0.3 is 0 Å². The number of nitrogens with zero attached hydrogens (tertiary/aromatic N) is 4. The second-order valence-corrected chi connectivity index (χ2v) is 3.65. The fourth-order valence-corrected chi connectivity index (χ4v) is 1.59. The molecule has 3 heterocycles. The highest BCUT2D eigenvalue weighted by atomic mass is 16.3. The third-order valence-electron chi connectivity index (χ3n) is 2.42. The van der Waals surface area contributed by atoms with Crippen molar-refractivity contribution >= 4 is 11.6 Å². The predicted octanol–water partition coefficient (Wildman–Crippen LogP) is 1.51. The Kier molecular flexibility index (Phi) is 2.77. The van der Waals surface area contributed by atoms with Gasteiger partial charge in [-0.1, -0.05) is 0 Å². The van der Waals surface area contributed by atoms with Crippen LogP contribution in [0.5, 0.6) is 0 Å². The number of carbonyl (C=O) groups excluding carboxylic acids is 1. The van der Waals surface area contributed by atoms with Crippen molar-refractivity contribution in [1.82, 2.24) is 19.7 Å². The van der Waals surface area contributed by atoms with Crippen LogP contribution in [-0.2, 0) is 0 Å². The maximum absolute atomic E-state index is 11.9. The van der Waals surface area contributed by atoms with Crippen LogP contribution in [0.3, 0.4) is 0 Å². The summed E-state index contributed by atoms with van der Waals surface area (Å²) in [5.74, 6) is 0.368. The van der Waals surface area contributed by atoms with Crippen molar-refractivity contribution < 1.29 is 9.21 Å². The Morgan fingerprint density at radius 2 is 2.26 bits per heavy atom. The quantitative estimate of drug-likeness (QED) is 0.766. The van der Waals surface area contributed by atoms with E-state index in [1.807, 2.05) is 0 Å². The molecule has 0 fully saturated rings. The van der Waals surface area contributed by atoms with Gasteiger partial charge in [-0.2, -0.15) is 5.10 Å². The van der Waals surface area contributed by atoms with E-state index in [1.165, 1.54) is 23.6 Å². The number of pyridine rings is 1. The van der Waals surface area contributed by atoms with Crippen molar-refractivity contribution in [1.29, 1.82) is 0 Å². The largest absolute Gasteiger partial charge is 0.459 e. The van der Waals surface area contributed by atoms with Crippen LogP contribution in [-0.4, -0.2) is 25.7 Å². The molecule has 0 saturated heterocycles. The summed E-state index contributed by atoms with van der Waals surface area (Å²) >= 11 is 0. The van der Waals surface area contributed by atoms with E-state index in [4.69, 9.17) is 4.42 Å². The van der Waals surface area contributed by atoms with Crippen LogP contribution in [0.2, 0.25) is 0 Å². The normalized spacial score (nSPS) is 10.3. The third kappa shape index (κ3) is 2.21. The summed E-state index contributed by atoms with van der Waals surface area (Å²) in [6.45, 7) is 0.